The van der Waals surface area contributed by atoms with E-state index < -0.39 is 0 Å². The van der Waals surface area contributed by atoms with Crippen molar-refractivity contribution >= 4 is 5.71 Å². The molecule has 0 aliphatic carbocycles. The van der Waals surface area contributed by atoms with E-state index in [9.17, 15) is 0 Å². The Hall–Kier alpha value is -0.570. The zero-order valence-electron chi connectivity index (χ0n) is 7.71. The van der Waals surface area contributed by atoms with Gasteiger partial charge in [-0.3, -0.25) is 0 Å². The molecule has 0 unspecified atom stereocenters. The van der Waals surface area contributed by atoms with Crippen molar-refractivity contribution in [2.75, 3.05) is 13.2 Å². The molecule has 12 heavy (non-hydrogen) atoms. The van der Waals surface area contributed by atoms with Gasteiger partial charge in [0.2, 0.25) is 0 Å². The van der Waals surface area contributed by atoms with E-state index in [1.54, 1.807) is 0 Å². The van der Waals surface area contributed by atoms with Crippen molar-refractivity contribution in [3.8, 4) is 0 Å². The van der Waals surface area contributed by atoms with Crippen LogP contribution in [0.15, 0.2) is 5.16 Å². The van der Waals surface area contributed by atoms with Gasteiger partial charge >= 0.3 is 0 Å². The molecule has 1 N–H and O–H groups in total. The van der Waals surface area contributed by atoms with Crippen LogP contribution in [0, 0.1) is 11.8 Å². The third-order valence-corrected chi connectivity index (χ3v) is 2.71. The summed E-state index contributed by atoms with van der Waals surface area (Å²) >= 11 is 0. The van der Waals surface area contributed by atoms with Gasteiger partial charge in [0.05, 0.1) is 11.8 Å². The van der Waals surface area contributed by atoms with Crippen LogP contribution in [0.5, 0.6) is 0 Å². The molecule has 3 heteroatoms. The Morgan fingerprint density at radius 2 is 2.42 bits per heavy atom. The maximum atomic E-state index is 5.12. The SMILES string of the molecule is CC(C)[C@@H]1NCC[C@H]2CON=C21. The third kappa shape index (κ3) is 1.22. The number of nitrogens with one attached hydrogen (secondary N) is 1. The van der Waals surface area contributed by atoms with E-state index >= 15 is 0 Å². The summed E-state index contributed by atoms with van der Waals surface area (Å²) in [6.45, 7) is 6.36. The van der Waals surface area contributed by atoms with E-state index in [2.05, 4.69) is 24.3 Å². The van der Waals surface area contributed by atoms with Crippen LogP contribution >= 0.6 is 0 Å². The number of oxime groups is 1. The number of hydrogen-bond acceptors (Lipinski definition) is 3. The van der Waals surface area contributed by atoms with Crippen LogP contribution in [-0.4, -0.2) is 24.9 Å². The largest absolute Gasteiger partial charge is 0.395 e. The van der Waals surface area contributed by atoms with E-state index in [-0.39, 0.29) is 0 Å². The Balaban J connectivity index is 2.13. The Morgan fingerprint density at radius 1 is 1.58 bits per heavy atom. The molecule has 0 saturated carbocycles. The van der Waals surface area contributed by atoms with E-state index in [4.69, 9.17) is 4.84 Å². The molecular weight excluding hydrogens is 152 g/mol. The highest BCUT2D eigenvalue weighted by atomic mass is 16.6. The van der Waals surface area contributed by atoms with Crippen molar-refractivity contribution in [3.05, 3.63) is 0 Å². The van der Waals surface area contributed by atoms with Crippen LogP contribution in [0.2, 0.25) is 0 Å². The highest BCUT2D eigenvalue weighted by Gasteiger charge is 2.34. The van der Waals surface area contributed by atoms with Gasteiger partial charge in [0.15, 0.2) is 0 Å². The molecule has 3 nitrogen and oxygen atoms in total. The topological polar surface area (TPSA) is 33.6 Å². The fourth-order valence-electron chi connectivity index (χ4n) is 2.00. The van der Waals surface area contributed by atoms with Crippen LogP contribution in [0.1, 0.15) is 20.3 Å². The average Bonchev–Trinajstić information content (AvgIpc) is 2.49. The van der Waals surface area contributed by atoms with Gasteiger partial charge in [0.25, 0.3) is 0 Å². The van der Waals surface area contributed by atoms with Gasteiger partial charge in [-0.2, -0.15) is 0 Å². The number of hydrogen-bond donors (Lipinski definition) is 1. The highest BCUT2D eigenvalue weighted by Crippen LogP contribution is 2.23. The first-order chi connectivity index (χ1) is 5.79. The molecule has 2 aliphatic heterocycles. The lowest BCUT2D eigenvalue weighted by Gasteiger charge is -2.29. The summed E-state index contributed by atoms with van der Waals surface area (Å²) in [6.07, 6.45) is 1.18. The van der Waals surface area contributed by atoms with Crippen LogP contribution < -0.4 is 5.32 Å². The molecule has 0 aromatic rings. The first-order valence-corrected chi connectivity index (χ1v) is 4.72. The third-order valence-electron chi connectivity index (χ3n) is 2.71. The second-order valence-electron chi connectivity index (χ2n) is 3.97. The first kappa shape index (κ1) is 8.05. The second-order valence-corrected chi connectivity index (χ2v) is 3.97. The van der Waals surface area contributed by atoms with Crippen molar-refractivity contribution in [1.82, 2.24) is 5.32 Å². The van der Waals surface area contributed by atoms with Crippen molar-refractivity contribution in [2.24, 2.45) is 17.0 Å². The van der Waals surface area contributed by atoms with Crippen LogP contribution in [0.25, 0.3) is 0 Å². The Labute approximate surface area is 73.2 Å². The van der Waals surface area contributed by atoms with Gasteiger partial charge < -0.3 is 10.2 Å². The maximum absolute atomic E-state index is 5.12. The van der Waals surface area contributed by atoms with E-state index in [0.717, 1.165) is 13.2 Å². The summed E-state index contributed by atoms with van der Waals surface area (Å²) in [5, 5.41) is 7.59. The molecule has 1 saturated heterocycles. The van der Waals surface area contributed by atoms with Crippen LogP contribution in [-0.2, 0) is 4.84 Å². The Kier molecular flexibility index (Phi) is 2.05. The molecular formula is C9H16N2O. The van der Waals surface area contributed by atoms with E-state index in [0.29, 0.717) is 17.9 Å². The summed E-state index contributed by atoms with van der Waals surface area (Å²) < 4.78 is 0. The molecule has 2 heterocycles. The smallest absolute Gasteiger partial charge is 0.125 e. The minimum Gasteiger partial charge on any atom is -0.395 e. The van der Waals surface area contributed by atoms with Gasteiger partial charge in [-0.1, -0.05) is 19.0 Å². The summed E-state index contributed by atoms with van der Waals surface area (Å²) in [5.41, 5.74) is 1.25. The lowest BCUT2D eigenvalue weighted by molar-refractivity contribution is 0.152. The van der Waals surface area contributed by atoms with Crippen molar-refractivity contribution < 1.29 is 4.84 Å². The summed E-state index contributed by atoms with van der Waals surface area (Å²) in [4.78, 5) is 5.12. The molecule has 0 amide bonds. The zero-order chi connectivity index (χ0) is 8.55. The van der Waals surface area contributed by atoms with Crippen molar-refractivity contribution in [3.63, 3.8) is 0 Å². The predicted molar refractivity (Wildman–Crippen MR) is 48.1 cm³/mol. The normalized spacial score (nSPS) is 34.4. The van der Waals surface area contributed by atoms with Crippen LogP contribution in [0.3, 0.4) is 0 Å². The van der Waals surface area contributed by atoms with Gasteiger partial charge in [0.1, 0.15) is 6.61 Å². The van der Waals surface area contributed by atoms with E-state index in [1.807, 2.05) is 0 Å². The first-order valence-electron chi connectivity index (χ1n) is 4.72. The minimum absolute atomic E-state index is 0.450. The minimum atomic E-state index is 0.450. The number of rotatable bonds is 1. The molecule has 0 bridgehead atoms. The average molecular weight is 168 g/mol. The molecule has 68 valence electrons. The number of piperidine rings is 1. The number of nitrogens with zero attached hydrogens (tertiary/aromatic N) is 1. The lowest BCUT2D eigenvalue weighted by atomic mass is 9.86. The van der Waals surface area contributed by atoms with Crippen molar-refractivity contribution in [2.45, 2.75) is 26.3 Å². The Bertz CT molecular complexity index is 201. The van der Waals surface area contributed by atoms with Crippen molar-refractivity contribution in [1.29, 1.82) is 0 Å². The predicted octanol–water partition coefficient (Wildman–Crippen LogP) is 1.01. The van der Waals surface area contributed by atoms with E-state index in [1.165, 1.54) is 12.1 Å². The highest BCUT2D eigenvalue weighted by molar-refractivity contribution is 5.93. The molecule has 0 aromatic heterocycles. The van der Waals surface area contributed by atoms with Gasteiger partial charge in [0, 0.05) is 5.92 Å². The Morgan fingerprint density at radius 3 is 3.17 bits per heavy atom. The molecule has 0 aromatic carbocycles. The second kappa shape index (κ2) is 3.05. The lowest BCUT2D eigenvalue weighted by Crippen LogP contribution is -2.48. The fraction of sp³-hybridized carbons (Fsp3) is 0.889. The molecule has 1 fully saturated rings. The quantitative estimate of drug-likeness (QED) is 0.634. The van der Waals surface area contributed by atoms with Gasteiger partial charge in [-0.25, -0.2) is 0 Å². The summed E-state index contributed by atoms with van der Waals surface area (Å²) in [5.74, 6) is 1.21. The molecule has 2 rings (SSSR count). The maximum Gasteiger partial charge on any atom is 0.125 e. The van der Waals surface area contributed by atoms with Gasteiger partial charge in [-0.15, -0.1) is 0 Å². The molecule has 0 spiro atoms. The van der Waals surface area contributed by atoms with Crippen LogP contribution in [0.4, 0.5) is 0 Å². The molecule has 2 aliphatic rings. The zero-order valence-corrected chi connectivity index (χ0v) is 7.71. The summed E-state index contributed by atoms with van der Waals surface area (Å²) in [7, 11) is 0. The monoisotopic (exact) mass is 168 g/mol. The summed E-state index contributed by atoms with van der Waals surface area (Å²) in [6, 6.07) is 0.450. The number of fused-ring (bicyclic) bond motifs is 1. The van der Waals surface area contributed by atoms with Gasteiger partial charge in [-0.05, 0) is 18.9 Å². The fourth-order valence-corrected chi connectivity index (χ4v) is 2.00. The molecule has 0 radical (unpaired) electrons. The standard InChI is InChI=1S/C9H16N2O/c1-6(2)8-9-7(3-4-10-8)5-12-11-9/h6-8,10H,3-5H2,1-2H3/t7-,8-/m0/s1. The molecule has 2 atom stereocenters.